The van der Waals surface area contributed by atoms with Gasteiger partial charge in [-0.1, -0.05) is 0 Å². The van der Waals surface area contributed by atoms with Gasteiger partial charge in [0.15, 0.2) is 0 Å². The Morgan fingerprint density at radius 1 is 1.57 bits per heavy atom. The van der Waals surface area contributed by atoms with Crippen molar-refractivity contribution in [2.75, 3.05) is 7.05 Å². The van der Waals surface area contributed by atoms with E-state index in [9.17, 15) is 5.11 Å². The summed E-state index contributed by atoms with van der Waals surface area (Å²) in [4.78, 5) is 0. The fourth-order valence-corrected chi connectivity index (χ4v) is 2.81. The van der Waals surface area contributed by atoms with Gasteiger partial charge in [0.25, 0.3) is 0 Å². The number of halogens is 1. The van der Waals surface area contributed by atoms with Crippen LogP contribution >= 0.6 is 22.6 Å². The zero-order chi connectivity index (χ0) is 10.1. The molecule has 0 aromatic heterocycles. The highest BCUT2D eigenvalue weighted by Crippen LogP contribution is 2.34. The van der Waals surface area contributed by atoms with Crippen LogP contribution in [0, 0.1) is 3.57 Å². The monoisotopic (exact) mass is 303 g/mol. The topological polar surface area (TPSA) is 32.3 Å². The van der Waals surface area contributed by atoms with E-state index in [0.717, 1.165) is 24.9 Å². The molecule has 0 aliphatic heterocycles. The number of nitrogens with one attached hydrogen (secondary N) is 1. The molecule has 1 atom stereocenters. The number of hydrogen-bond acceptors (Lipinski definition) is 2. The predicted molar refractivity (Wildman–Crippen MR) is 65.2 cm³/mol. The van der Waals surface area contributed by atoms with Crippen molar-refractivity contribution in [3.63, 3.8) is 0 Å². The predicted octanol–water partition coefficient (Wildman–Crippen LogP) is 1.99. The summed E-state index contributed by atoms with van der Waals surface area (Å²) in [5.74, 6) is 0. The van der Waals surface area contributed by atoms with Crippen molar-refractivity contribution in [1.29, 1.82) is 0 Å². The van der Waals surface area contributed by atoms with E-state index in [2.05, 4.69) is 40.0 Å². The lowest BCUT2D eigenvalue weighted by Crippen LogP contribution is -2.08. The van der Waals surface area contributed by atoms with Crippen molar-refractivity contribution in [2.45, 2.75) is 25.5 Å². The lowest BCUT2D eigenvalue weighted by Gasteiger charge is -2.10. The summed E-state index contributed by atoms with van der Waals surface area (Å²) < 4.78 is 1.22. The van der Waals surface area contributed by atoms with Crippen molar-refractivity contribution in [3.8, 4) is 0 Å². The average molecular weight is 303 g/mol. The molecule has 2 rings (SSSR count). The van der Waals surface area contributed by atoms with Crippen LogP contribution in [0.4, 0.5) is 0 Å². The molecule has 0 spiro atoms. The summed E-state index contributed by atoms with van der Waals surface area (Å²) in [6.45, 7) is 0.895. The van der Waals surface area contributed by atoms with Crippen LogP contribution in [0.25, 0.3) is 0 Å². The number of fused-ring (bicyclic) bond motifs is 1. The maximum Gasteiger partial charge on any atom is 0.0796 e. The normalized spacial score (nSPS) is 19.8. The summed E-state index contributed by atoms with van der Waals surface area (Å²) in [7, 11) is 1.96. The van der Waals surface area contributed by atoms with Gasteiger partial charge in [0.2, 0.25) is 0 Å². The maximum atomic E-state index is 9.77. The van der Waals surface area contributed by atoms with Crippen LogP contribution in [0.15, 0.2) is 12.1 Å². The molecule has 0 amide bonds. The van der Waals surface area contributed by atoms with Gasteiger partial charge >= 0.3 is 0 Å². The second-order valence-electron chi connectivity index (χ2n) is 3.72. The lowest BCUT2D eigenvalue weighted by atomic mass is 10.0. The molecule has 2 N–H and O–H groups in total. The van der Waals surface area contributed by atoms with Gasteiger partial charge in [-0.25, -0.2) is 0 Å². The van der Waals surface area contributed by atoms with Gasteiger partial charge in [0, 0.05) is 10.1 Å². The van der Waals surface area contributed by atoms with Gasteiger partial charge in [-0.2, -0.15) is 0 Å². The molecule has 0 heterocycles. The molecule has 0 radical (unpaired) electrons. The minimum atomic E-state index is -0.240. The zero-order valence-corrected chi connectivity index (χ0v) is 10.3. The van der Waals surface area contributed by atoms with Crippen LogP contribution in [0.5, 0.6) is 0 Å². The van der Waals surface area contributed by atoms with Crippen molar-refractivity contribution in [1.82, 2.24) is 5.32 Å². The summed E-state index contributed by atoms with van der Waals surface area (Å²) in [5, 5.41) is 12.9. The first-order chi connectivity index (χ1) is 6.72. The van der Waals surface area contributed by atoms with Crippen LogP contribution in [-0.2, 0) is 13.0 Å². The molecule has 3 heteroatoms. The highest BCUT2D eigenvalue weighted by Gasteiger charge is 2.22. The fourth-order valence-electron chi connectivity index (χ4n) is 2.10. The maximum absolute atomic E-state index is 9.77. The first-order valence-electron chi connectivity index (χ1n) is 4.86. The minimum Gasteiger partial charge on any atom is -0.388 e. The number of aliphatic hydroxyl groups is 1. The third-order valence-electron chi connectivity index (χ3n) is 2.74. The third-order valence-corrected chi connectivity index (χ3v) is 3.36. The minimum absolute atomic E-state index is 0.240. The van der Waals surface area contributed by atoms with Gasteiger partial charge in [-0.3, -0.25) is 0 Å². The largest absolute Gasteiger partial charge is 0.388 e. The van der Waals surface area contributed by atoms with Crippen LogP contribution in [0.2, 0.25) is 0 Å². The quantitative estimate of drug-likeness (QED) is 0.819. The van der Waals surface area contributed by atoms with Gasteiger partial charge in [-0.05, 0) is 71.3 Å². The third kappa shape index (κ3) is 1.81. The molecule has 76 valence electrons. The van der Waals surface area contributed by atoms with E-state index in [-0.39, 0.29) is 6.10 Å². The smallest absolute Gasteiger partial charge is 0.0796 e. The molecule has 1 aliphatic rings. The number of hydrogen-bond donors (Lipinski definition) is 2. The Balaban J connectivity index is 2.46. The Bertz CT molecular complexity index is 351. The average Bonchev–Trinajstić information content (AvgIpc) is 2.49. The SMILES string of the molecule is CNCc1cc(I)cc2c1CCC2O. The summed E-state index contributed by atoms with van der Waals surface area (Å²) in [6, 6.07) is 4.31. The molecule has 0 bridgehead atoms. The van der Waals surface area contributed by atoms with Crippen molar-refractivity contribution in [3.05, 3.63) is 32.4 Å². The summed E-state index contributed by atoms with van der Waals surface area (Å²) in [6.07, 6.45) is 1.66. The fraction of sp³-hybridized carbons (Fsp3) is 0.455. The standard InChI is InChI=1S/C11H14INO/c1-13-6-7-4-8(12)5-10-9(7)2-3-11(10)14/h4-5,11,13-14H,2-3,6H2,1H3. The second-order valence-corrected chi connectivity index (χ2v) is 4.96. The van der Waals surface area contributed by atoms with E-state index in [4.69, 9.17) is 0 Å². The Morgan fingerprint density at radius 2 is 2.36 bits per heavy atom. The van der Waals surface area contributed by atoms with Crippen molar-refractivity contribution in [2.24, 2.45) is 0 Å². The van der Waals surface area contributed by atoms with E-state index >= 15 is 0 Å². The molecule has 1 unspecified atom stereocenters. The van der Waals surface area contributed by atoms with Crippen LogP contribution in [-0.4, -0.2) is 12.2 Å². The second kappa shape index (κ2) is 4.16. The number of benzene rings is 1. The molecular weight excluding hydrogens is 289 g/mol. The van der Waals surface area contributed by atoms with Gasteiger partial charge in [-0.15, -0.1) is 0 Å². The summed E-state index contributed by atoms with van der Waals surface area (Å²) >= 11 is 2.31. The molecule has 1 aromatic rings. The molecule has 0 saturated heterocycles. The Kier molecular flexibility index (Phi) is 3.09. The summed E-state index contributed by atoms with van der Waals surface area (Å²) in [5.41, 5.74) is 3.83. The molecule has 1 aliphatic carbocycles. The van der Waals surface area contributed by atoms with E-state index in [1.54, 1.807) is 0 Å². The molecule has 0 fully saturated rings. The van der Waals surface area contributed by atoms with Gasteiger partial charge in [0.1, 0.15) is 0 Å². The molecule has 14 heavy (non-hydrogen) atoms. The van der Waals surface area contributed by atoms with E-state index in [1.807, 2.05) is 7.05 Å². The number of aliphatic hydroxyl groups excluding tert-OH is 1. The first kappa shape index (κ1) is 10.4. The molecular formula is C11H14INO. The Hall–Kier alpha value is -0.130. The van der Waals surface area contributed by atoms with Crippen LogP contribution < -0.4 is 5.32 Å². The van der Waals surface area contributed by atoms with Gasteiger partial charge in [0.05, 0.1) is 6.10 Å². The Labute approximate surface area is 97.9 Å². The van der Waals surface area contributed by atoms with Crippen LogP contribution in [0.3, 0.4) is 0 Å². The highest BCUT2D eigenvalue weighted by molar-refractivity contribution is 14.1. The number of rotatable bonds is 2. The first-order valence-corrected chi connectivity index (χ1v) is 5.94. The van der Waals surface area contributed by atoms with E-state index in [1.165, 1.54) is 14.7 Å². The van der Waals surface area contributed by atoms with Crippen molar-refractivity contribution >= 4 is 22.6 Å². The highest BCUT2D eigenvalue weighted by atomic mass is 127. The van der Waals surface area contributed by atoms with E-state index in [0.29, 0.717) is 0 Å². The molecule has 0 saturated carbocycles. The Morgan fingerprint density at radius 3 is 3.07 bits per heavy atom. The van der Waals surface area contributed by atoms with Gasteiger partial charge < -0.3 is 10.4 Å². The zero-order valence-electron chi connectivity index (χ0n) is 8.18. The molecule has 2 nitrogen and oxygen atoms in total. The van der Waals surface area contributed by atoms with E-state index < -0.39 is 0 Å². The van der Waals surface area contributed by atoms with Crippen molar-refractivity contribution < 1.29 is 5.11 Å². The molecule has 1 aromatic carbocycles. The van der Waals surface area contributed by atoms with Crippen LogP contribution in [0.1, 0.15) is 29.2 Å². The lowest BCUT2D eigenvalue weighted by molar-refractivity contribution is 0.180.